The van der Waals surface area contributed by atoms with Gasteiger partial charge in [-0.3, -0.25) is 9.69 Å². The van der Waals surface area contributed by atoms with Gasteiger partial charge in [-0.25, -0.2) is 9.69 Å². The first-order valence-electron chi connectivity index (χ1n) is 8.09. The zero-order chi connectivity index (χ0) is 15.6. The lowest BCUT2D eigenvalue weighted by molar-refractivity contribution is -0.133. The van der Waals surface area contributed by atoms with Gasteiger partial charge < -0.3 is 5.32 Å². The second-order valence-corrected chi connectivity index (χ2v) is 6.11. The lowest BCUT2D eigenvalue weighted by Crippen LogP contribution is -2.46. The number of urea groups is 1. The fraction of sp³-hybridized carbons (Fsp3) is 0.529. The number of hydrogen-bond donors (Lipinski definition) is 1. The Balaban J connectivity index is 1.83. The first-order chi connectivity index (χ1) is 10.7. The van der Waals surface area contributed by atoms with E-state index in [2.05, 4.69) is 10.2 Å². The van der Waals surface area contributed by atoms with Gasteiger partial charge in [0, 0.05) is 0 Å². The summed E-state index contributed by atoms with van der Waals surface area (Å²) in [4.78, 5) is 28.9. The average molecular weight is 301 g/mol. The summed E-state index contributed by atoms with van der Waals surface area (Å²) >= 11 is 0. The van der Waals surface area contributed by atoms with Gasteiger partial charge in [0.05, 0.1) is 6.67 Å². The quantitative estimate of drug-likeness (QED) is 0.868. The number of nitrogens with one attached hydrogen (secondary N) is 1. The number of rotatable bonds is 4. The van der Waals surface area contributed by atoms with Crippen LogP contribution in [0.2, 0.25) is 0 Å². The summed E-state index contributed by atoms with van der Waals surface area (Å²) in [5, 5.41) is 2.93. The number of benzene rings is 1. The molecule has 2 aliphatic rings. The average Bonchev–Trinajstić information content (AvgIpc) is 2.82. The van der Waals surface area contributed by atoms with Crippen molar-refractivity contribution in [1.82, 2.24) is 15.1 Å². The molecular weight excluding hydrogens is 278 g/mol. The number of hydrogen-bond acceptors (Lipinski definition) is 3. The number of imide groups is 1. The number of carbonyl (C=O) groups is 2. The van der Waals surface area contributed by atoms with Crippen LogP contribution in [0.15, 0.2) is 30.3 Å². The molecule has 0 radical (unpaired) electrons. The van der Waals surface area contributed by atoms with Crippen molar-refractivity contribution in [3.8, 4) is 0 Å². The smallest absolute Gasteiger partial charge is 0.319 e. The summed E-state index contributed by atoms with van der Waals surface area (Å²) in [7, 11) is 0. The molecule has 5 nitrogen and oxygen atoms in total. The number of likely N-dealkylation sites (tertiary alicyclic amines) is 1. The van der Waals surface area contributed by atoms with E-state index in [9.17, 15) is 9.59 Å². The van der Waals surface area contributed by atoms with Crippen LogP contribution in [0.3, 0.4) is 0 Å². The highest BCUT2D eigenvalue weighted by atomic mass is 16.2. The third-order valence-electron chi connectivity index (χ3n) is 4.76. The summed E-state index contributed by atoms with van der Waals surface area (Å²) in [6.07, 6.45) is 4.07. The van der Waals surface area contributed by atoms with Gasteiger partial charge >= 0.3 is 6.03 Å². The molecule has 0 bridgehead atoms. The molecule has 3 rings (SSSR count). The molecule has 0 aromatic heterocycles. The minimum Gasteiger partial charge on any atom is -0.319 e. The van der Waals surface area contributed by atoms with Crippen LogP contribution in [-0.4, -0.2) is 41.5 Å². The van der Waals surface area contributed by atoms with E-state index in [4.69, 9.17) is 0 Å². The summed E-state index contributed by atoms with van der Waals surface area (Å²) in [6, 6.07) is 9.26. The maximum atomic E-state index is 13.0. The van der Waals surface area contributed by atoms with E-state index in [1.807, 2.05) is 37.3 Å². The van der Waals surface area contributed by atoms with Crippen LogP contribution in [0.25, 0.3) is 0 Å². The number of nitrogens with zero attached hydrogens (tertiary/aromatic N) is 2. The third kappa shape index (κ3) is 2.50. The second kappa shape index (κ2) is 6.08. The van der Waals surface area contributed by atoms with Crippen LogP contribution in [-0.2, 0) is 10.3 Å². The summed E-state index contributed by atoms with van der Waals surface area (Å²) in [6.45, 7) is 4.26. The molecule has 2 fully saturated rings. The SMILES string of the molecule is CC[C@]1(c2ccccc2)NC(=O)N(CN2CCCCC2)C1=O. The van der Waals surface area contributed by atoms with Gasteiger partial charge in [-0.1, -0.05) is 43.7 Å². The molecule has 1 aromatic carbocycles. The molecular formula is C17H23N3O2. The maximum absolute atomic E-state index is 13.0. The molecule has 1 atom stereocenters. The van der Waals surface area contributed by atoms with Crippen LogP contribution in [0.5, 0.6) is 0 Å². The van der Waals surface area contributed by atoms with Gasteiger partial charge in [0.15, 0.2) is 0 Å². The van der Waals surface area contributed by atoms with Gasteiger partial charge in [0.2, 0.25) is 0 Å². The summed E-state index contributed by atoms with van der Waals surface area (Å²) in [5.41, 5.74) is -0.0503. The normalized spacial score (nSPS) is 26.3. The largest absolute Gasteiger partial charge is 0.326 e. The second-order valence-electron chi connectivity index (χ2n) is 6.11. The molecule has 2 heterocycles. The molecule has 2 aliphatic heterocycles. The lowest BCUT2D eigenvalue weighted by atomic mass is 9.87. The Hall–Kier alpha value is -1.88. The zero-order valence-corrected chi connectivity index (χ0v) is 13.0. The highest BCUT2D eigenvalue weighted by Gasteiger charge is 2.51. The van der Waals surface area contributed by atoms with Gasteiger partial charge in [0.25, 0.3) is 5.91 Å². The van der Waals surface area contributed by atoms with Crippen molar-refractivity contribution in [2.24, 2.45) is 0 Å². The predicted molar refractivity (Wildman–Crippen MR) is 84.1 cm³/mol. The Kier molecular flexibility index (Phi) is 4.16. The minimum absolute atomic E-state index is 0.128. The Morgan fingerprint density at radius 1 is 1.09 bits per heavy atom. The minimum atomic E-state index is -0.909. The van der Waals surface area contributed by atoms with E-state index in [0.717, 1.165) is 31.5 Å². The molecule has 0 saturated carbocycles. The van der Waals surface area contributed by atoms with Crippen LogP contribution < -0.4 is 5.32 Å². The molecule has 2 saturated heterocycles. The molecule has 1 aromatic rings. The number of piperidine rings is 1. The highest BCUT2D eigenvalue weighted by molar-refractivity contribution is 6.07. The number of carbonyl (C=O) groups excluding carboxylic acids is 2. The van der Waals surface area contributed by atoms with Crippen LogP contribution >= 0.6 is 0 Å². The fourth-order valence-corrected chi connectivity index (χ4v) is 3.42. The molecule has 0 aliphatic carbocycles. The van der Waals surface area contributed by atoms with Crippen molar-refractivity contribution in [3.05, 3.63) is 35.9 Å². The highest BCUT2D eigenvalue weighted by Crippen LogP contribution is 2.32. The standard InChI is InChI=1S/C17H23N3O2/c1-2-17(14-9-5-3-6-10-14)15(21)20(16(22)18-17)13-19-11-7-4-8-12-19/h3,5-6,9-10H,2,4,7-8,11-13H2,1H3,(H,18,22)/t17-/m1/s1. The molecule has 0 spiro atoms. The van der Waals surface area contributed by atoms with Crippen LogP contribution in [0.4, 0.5) is 4.79 Å². The van der Waals surface area contributed by atoms with E-state index < -0.39 is 5.54 Å². The summed E-state index contributed by atoms with van der Waals surface area (Å²) in [5.74, 6) is -0.128. The molecule has 1 N–H and O–H groups in total. The van der Waals surface area contributed by atoms with Crippen molar-refractivity contribution in [3.63, 3.8) is 0 Å². The molecule has 5 heteroatoms. The van der Waals surface area contributed by atoms with E-state index in [-0.39, 0.29) is 11.9 Å². The van der Waals surface area contributed by atoms with Crippen molar-refractivity contribution in [1.29, 1.82) is 0 Å². The van der Waals surface area contributed by atoms with Crippen molar-refractivity contribution >= 4 is 11.9 Å². The van der Waals surface area contributed by atoms with Crippen LogP contribution in [0.1, 0.15) is 38.2 Å². The van der Waals surface area contributed by atoms with Gasteiger partial charge in [-0.05, 0) is 37.9 Å². The third-order valence-corrected chi connectivity index (χ3v) is 4.76. The van der Waals surface area contributed by atoms with Crippen molar-refractivity contribution in [2.75, 3.05) is 19.8 Å². The Labute approximate surface area is 131 Å². The van der Waals surface area contributed by atoms with Crippen molar-refractivity contribution in [2.45, 2.75) is 38.1 Å². The summed E-state index contributed by atoms with van der Waals surface area (Å²) < 4.78 is 0. The topological polar surface area (TPSA) is 52.7 Å². The first-order valence-corrected chi connectivity index (χ1v) is 8.09. The van der Waals surface area contributed by atoms with Gasteiger partial charge in [-0.15, -0.1) is 0 Å². The fourth-order valence-electron chi connectivity index (χ4n) is 3.42. The molecule has 22 heavy (non-hydrogen) atoms. The zero-order valence-electron chi connectivity index (χ0n) is 13.0. The monoisotopic (exact) mass is 301 g/mol. The van der Waals surface area contributed by atoms with Crippen LogP contribution in [0, 0.1) is 0 Å². The molecule has 3 amide bonds. The van der Waals surface area contributed by atoms with Gasteiger partial charge in [0.1, 0.15) is 5.54 Å². The Morgan fingerprint density at radius 2 is 1.77 bits per heavy atom. The van der Waals surface area contributed by atoms with Gasteiger partial charge in [-0.2, -0.15) is 0 Å². The lowest BCUT2D eigenvalue weighted by Gasteiger charge is -2.30. The van der Waals surface area contributed by atoms with E-state index in [1.54, 1.807) is 0 Å². The Morgan fingerprint density at radius 3 is 2.41 bits per heavy atom. The maximum Gasteiger partial charge on any atom is 0.326 e. The Bertz CT molecular complexity index is 554. The first kappa shape index (κ1) is 15.0. The molecule has 118 valence electrons. The van der Waals surface area contributed by atoms with Crippen molar-refractivity contribution < 1.29 is 9.59 Å². The number of amides is 3. The molecule has 0 unspecified atom stereocenters. The van der Waals surface area contributed by atoms with E-state index in [1.165, 1.54) is 11.3 Å². The van der Waals surface area contributed by atoms with E-state index in [0.29, 0.717) is 13.1 Å². The predicted octanol–water partition coefficient (Wildman–Crippen LogP) is 2.29. The van der Waals surface area contributed by atoms with E-state index >= 15 is 0 Å².